The molecule has 2 amide bonds. The molecule has 1 atom stereocenters. The van der Waals surface area contributed by atoms with Gasteiger partial charge in [0, 0.05) is 36.7 Å². The molecule has 0 unspecified atom stereocenters. The average Bonchev–Trinajstić information content (AvgIpc) is 3.24. The highest BCUT2D eigenvalue weighted by atomic mass is 16.2. The summed E-state index contributed by atoms with van der Waals surface area (Å²) < 4.78 is 0. The number of hydrogen-bond acceptors (Lipinski definition) is 4. The zero-order valence-corrected chi connectivity index (χ0v) is 16.3. The molecular weight excluding hydrogens is 366 g/mol. The molecule has 0 saturated carbocycles. The fraction of sp³-hybridized carbons (Fsp3) is 0.273. The number of anilines is 1. The minimum absolute atomic E-state index is 0.0474. The van der Waals surface area contributed by atoms with E-state index in [-0.39, 0.29) is 17.7 Å². The lowest BCUT2D eigenvalue weighted by atomic mass is 9.96. The van der Waals surface area contributed by atoms with Crippen LogP contribution in [0.5, 0.6) is 0 Å². The number of aromatic nitrogens is 3. The molecule has 4 rings (SSSR count). The number of H-pyrrole nitrogens is 1. The van der Waals surface area contributed by atoms with Crippen LogP contribution in [0.2, 0.25) is 0 Å². The first kappa shape index (κ1) is 18.9. The molecule has 0 spiro atoms. The summed E-state index contributed by atoms with van der Waals surface area (Å²) in [5.74, 6) is -0.414. The average molecular weight is 389 g/mol. The Morgan fingerprint density at radius 1 is 1.21 bits per heavy atom. The first-order valence-corrected chi connectivity index (χ1v) is 9.73. The van der Waals surface area contributed by atoms with E-state index in [1.807, 2.05) is 43.3 Å². The van der Waals surface area contributed by atoms with E-state index in [2.05, 4.69) is 20.5 Å². The number of amides is 2. The Balaban J connectivity index is 1.42. The third-order valence-electron chi connectivity index (χ3n) is 5.13. The third kappa shape index (κ3) is 4.34. The Morgan fingerprint density at radius 3 is 2.90 bits per heavy atom. The number of nitrogens with zero attached hydrogens (tertiary/aromatic N) is 3. The molecule has 29 heavy (non-hydrogen) atoms. The standard InChI is InChI=1S/C22H23N5O2/c1-15-5-2-8-18(11-15)24-21(28)17-7-4-10-27(14-17)22(29)20-12-19(25-26-20)16-6-3-9-23-13-16/h2-3,5-6,8-9,11-13,17H,4,7,10,14H2,1H3,(H,24,28)(H,25,26)/t17-/m1/s1. The first-order valence-electron chi connectivity index (χ1n) is 9.73. The van der Waals surface area contributed by atoms with Crippen LogP contribution in [0.25, 0.3) is 11.3 Å². The van der Waals surface area contributed by atoms with Gasteiger partial charge in [-0.2, -0.15) is 5.10 Å². The molecule has 0 radical (unpaired) electrons. The summed E-state index contributed by atoms with van der Waals surface area (Å²) >= 11 is 0. The lowest BCUT2D eigenvalue weighted by molar-refractivity contribution is -0.121. The van der Waals surface area contributed by atoms with Crippen LogP contribution < -0.4 is 5.32 Å². The molecule has 2 N–H and O–H groups in total. The molecule has 148 valence electrons. The van der Waals surface area contributed by atoms with Gasteiger partial charge in [0.2, 0.25) is 5.91 Å². The summed E-state index contributed by atoms with van der Waals surface area (Å²) in [5.41, 5.74) is 3.81. The van der Waals surface area contributed by atoms with Gasteiger partial charge in [-0.15, -0.1) is 0 Å². The van der Waals surface area contributed by atoms with E-state index in [0.29, 0.717) is 24.5 Å². The van der Waals surface area contributed by atoms with E-state index >= 15 is 0 Å². The van der Waals surface area contributed by atoms with Gasteiger partial charge in [-0.05, 0) is 55.7 Å². The van der Waals surface area contributed by atoms with Crippen molar-refractivity contribution in [2.45, 2.75) is 19.8 Å². The molecule has 1 saturated heterocycles. The molecule has 7 nitrogen and oxygen atoms in total. The largest absolute Gasteiger partial charge is 0.337 e. The molecule has 1 aromatic carbocycles. The van der Waals surface area contributed by atoms with Crippen molar-refractivity contribution in [2.75, 3.05) is 18.4 Å². The normalized spacial score (nSPS) is 16.4. The SMILES string of the molecule is Cc1cccc(NC(=O)[C@@H]2CCCN(C(=O)c3cc(-c4cccnc4)n[nH]3)C2)c1. The quantitative estimate of drug-likeness (QED) is 0.716. The van der Waals surface area contributed by atoms with Crippen molar-refractivity contribution in [3.05, 3.63) is 66.1 Å². The van der Waals surface area contributed by atoms with E-state index in [1.54, 1.807) is 23.4 Å². The second kappa shape index (κ2) is 8.26. The number of carbonyl (C=O) groups excluding carboxylic acids is 2. The fourth-order valence-corrected chi connectivity index (χ4v) is 3.61. The van der Waals surface area contributed by atoms with Crippen molar-refractivity contribution in [3.8, 4) is 11.3 Å². The number of carbonyl (C=O) groups is 2. The van der Waals surface area contributed by atoms with Gasteiger partial charge in [0.15, 0.2) is 0 Å². The number of hydrogen-bond donors (Lipinski definition) is 2. The number of aryl methyl sites for hydroxylation is 1. The van der Waals surface area contributed by atoms with E-state index in [9.17, 15) is 9.59 Å². The van der Waals surface area contributed by atoms with Crippen molar-refractivity contribution < 1.29 is 9.59 Å². The van der Waals surface area contributed by atoms with Crippen molar-refractivity contribution in [2.24, 2.45) is 5.92 Å². The monoisotopic (exact) mass is 389 g/mol. The highest BCUT2D eigenvalue weighted by Gasteiger charge is 2.29. The Kier molecular flexibility index (Phi) is 5.37. The number of benzene rings is 1. The van der Waals surface area contributed by atoms with E-state index in [1.165, 1.54) is 0 Å². The summed E-state index contributed by atoms with van der Waals surface area (Å²) in [7, 11) is 0. The molecular formula is C22H23N5O2. The number of likely N-dealkylation sites (tertiary alicyclic amines) is 1. The molecule has 3 heterocycles. The molecule has 0 aliphatic carbocycles. The minimum atomic E-state index is -0.228. The van der Waals surface area contributed by atoms with Crippen LogP contribution >= 0.6 is 0 Å². The molecule has 1 aliphatic heterocycles. The van der Waals surface area contributed by atoms with Crippen LogP contribution in [0.4, 0.5) is 5.69 Å². The fourth-order valence-electron chi connectivity index (χ4n) is 3.61. The van der Waals surface area contributed by atoms with Crippen molar-refractivity contribution in [3.63, 3.8) is 0 Å². The lowest BCUT2D eigenvalue weighted by Crippen LogP contribution is -2.43. The summed E-state index contributed by atoms with van der Waals surface area (Å²) in [6, 6.07) is 13.2. The Morgan fingerprint density at radius 2 is 2.10 bits per heavy atom. The second-order valence-corrected chi connectivity index (χ2v) is 7.36. The molecule has 7 heteroatoms. The number of rotatable bonds is 4. The maximum atomic E-state index is 12.9. The number of nitrogens with one attached hydrogen (secondary N) is 2. The molecule has 0 bridgehead atoms. The van der Waals surface area contributed by atoms with Crippen LogP contribution in [0, 0.1) is 12.8 Å². The van der Waals surface area contributed by atoms with Crippen LogP contribution in [-0.4, -0.2) is 45.0 Å². The molecule has 2 aromatic heterocycles. The Hall–Kier alpha value is -3.48. The predicted molar refractivity (Wildman–Crippen MR) is 110 cm³/mol. The summed E-state index contributed by atoms with van der Waals surface area (Å²) in [5, 5.41) is 10.0. The van der Waals surface area contributed by atoms with E-state index < -0.39 is 0 Å². The zero-order valence-electron chi connectivity index (χ0n) is 16.3. The minimum Gasteiger partial charge on any atom is -0.337 e. The molecule has 3 aromatic rings. The van der Waals surface area contributed by atoms with Gasteiger partial charge in [-0.25, -0.2) is 0 Å². The van der Waals surface area contributed by atoms with Crippen molar-refractivity contribution >= 4 is 17.5 Å². The topological polar surface area (TPSA) is 91.0 Å². The maximum absolute atomic E-state index is 12.9. The Bertz CT molecular complexity index is 1010. The van der Waals surface area contributed by atoms with Crippen LogP contribution in [0.3, 0.4) is 0 Å². The number of aromatic amines is 1. The van der Waals surface area contributed by atoms with Crippen LogP contribution in [0.15, 0.2) is 54.9 Å². The number of piperidine rings is 1. The summed E-state index contributed by atoms with van der Waals surface area (Å²) in [6.45, 7) is 3.02. The van der Waals surface area contributed by atoms with Crippen LogP contribution in [-0.2, 0) is 4.79 Å². The van der Waals surface area contributed by atoms with Gasteiger partial charge in [-0.1, -0.05) is 12.1 Å². The lowest BCUT2D eigenvalue weighted by Gasteiger charge is -2.31. The smallest absolute Gasteiger partial charge is 0.271 e. The van der Waals surface area contributed by atoms with Gasteiger partial charge in [0.05, 0.1) is 11.6 Å². The maximum Gasteiger partial charge on any atom is 0.271 e. The predicted octanol–water partition coefficient (Wildman–Crippen LogP) is 3.27. The van der Waals surface area contributed by atoms with E-state index in [0.717, 1.165) is 29.7 Å². The van der Waals surface area contributed by atoms with Crippen molar-refractivity contribution in [1.82, 2.24) is 20.1 Å². The number of pyridine rings is 1. The van der Waals surface area contributed by atoms with E-state index in [4.69, 9.17) is 0 Å². The summed E-state index contributed by atoms with van der Waals surface area (Å²) in [6.07, 6.45) is 4.96. The van der Waals surface area contributed by atoms with Crippen LogP contribution in [0.1, 0.15) is 28.9 Å². The highest BCUT2D eigenvalue weighted by Crippen LogP contribution is 2.22. The first-order chi connectivity index (χ1) is 14.1. The molecule has 1 fully saturated rings. The van der Waals surface area contributed by atoms with Crippen molar-refractivity contribution in [1.29, 1.82) is 0 Å². The van der Waals surface area contributed by atoms with Gasteiger partial charge in [0.1, 0.15) is 5.69 Å². The zero-order chi connectivity index (χ0) is 20.2. The van der Waals surface area contributed by atoms with Gasteiger partial charge in [-0.3, -0.25) is 19.7 Å². The van der Waals surface area contributed by atoms with Gasteiger partial charge < -0.3 is 10.2 Å². The van der Waals surface area contributed by atoms with Gasteiger partial charge >= 0.3 is 0 Å². The van der Waals surface area contributed by atoms with Gasteiger partial charge in [0.25, 0.3) is 5.91 Å². The second-order valence-electron chi connectivity index (χ2n) is 7.36. The molecule has 1 aliphatic rings. The summed E-state index contributed by atoms with van der Waals surface area (Å²) in [4.78, 5) is 31.4. The Labute approximate surface area is 169 Å². The highest BCUT2D eigenvalue weighted by molar-refractivity contribution is 5.95. The third-order valence-corrected chi connectivity index (χ3v) is 5.13.